The molecule has 2 heterocycles. The molecule has 0 unspecified atom stereocenters. The molecule has 0 aromatic carbocycles. The van der Waals surface area contributed by atoms with Crippen LogP contribution >= 0.6 is 0 Å². The number of imidazole rings is 1. The summed E-state index contributed by atoms with van der Waals surface area (Å²) in [5.74, 6) is 0.765. The average Bonchev–Trinajstić information content (AvgIpc) is 2.75. The zero-order chi connectivity index (χ0) is 14.7. The molecule has 6 nitrogen and oxygen atoms in total. The maximum atomic E-state index is 11.3. The lowest BCUT2D eigenvalue weighted by molar-refractivity contribution is -0.116. The molecule has 0 fully saturated rings. The lowest BCUT2D eigenvalue weighted by Crippen LogP contribution is -2.37. The maximum absolute atomic E-state index is 11.3. The first-order valence-corrected chi connectivity index (χ1v) is 6.72. The number of rotatable bonds is 6. The zero-order valence-electron chi connectivity index (χ0n) is 11.9. The van der Waals surface area contributed by atoms with Crippen molar-refractivity contribution in [2.24, 2.45) is 17.4 Å². The van der Waals surface area contributed by atoms with E-state index in [1.165, 1.54) is 0 Å². The first-order valence-electron chi connectivity index (χ1n) is 6.72. The van der Waals surface area contributed by atoms with Crippen LogP contribution in [0, 0.1) is 5.92 Å². The SMILES string of the molecule is CC(C)CN(CC(N)=O)c1nc2ccccn2c1CN. The molecule has 20 heavy (non-hydrogen) atoms. The van der Waals surface area contributed by atoms with E-state index < -0.39 is 0 Å². The number of primary amides is 1. The number of carbonyl (C=O) groups is 1. The van der Waals surface area contributed by atoms with Gasteiger partial charge in [-0.2, -0.15) is 0 Å². The van der Waals surface area contributed by atoms with Crippen LogP contribution in [0.5, 0.6) is 0 Å². The first kappa shape index (κ1) is 14.3. The molecule has 0 radical (unpaired) electrons. The predicted octanol–water partition coefficient (Wildman–Crippen LogP) is 0.741. The van der Waals surface area contributed by atoms with Crippen molar-refractivity contribution in [3.63, 3.8) is 0 Å². The Hall–Kier alpha value is -2.08. The van der Waals surface area contributed by atoms with E-state index >= 15 is 0 Å². The van der Waals surface area contributed by atoms with Crippen molar-refractivity contribution in [1.29, 1.82) is 0 Å². The van der Waals surface area contributed by atoms with Gasteiger partial charge in [-0.25, -0.2) is 4.98 Å². The van der Waals surface area contributed by atoms with E-state index in [4.69, 9.17) is 11.5 Å². The van der Waals surface area contributed by atoms with Crippen molar-refractivity contribution >= 4 is 17.4 Å². The Morgan fingerprint density at radius 2 is 2.20 bits per heavy atom. The summed E-state index contributed by atoms with van der Waals surface area (Å²) in [5.41, 5.74) is 12.9. The Kier molecular flexibility index (Phi) is 4.24. The number of nitrogens with two attached hydrogens (primary N) is 2. The van der Waals surface area contributed by atoms with Gasteiger partial charge in [0.25, 0.3) is 0 Å². The smallest absolute Gasteiger partial charge is 0.236 e. The maximum Gasteiger partial charge on any atom is 0.236 e. The highest BCUT2D eigenvalue weighted by molar-refractivity contribution is 5.79. The first-order chi connectivity index (χ1) is 9.52. The van der Waals surface area contributed by atoms with Crippen LogP contribution in [0.1, 0.15) is 19.5 Å². The molecule has 108 valence electrons. The third kappa shape index (κ3) is 2.91. The van der Waals surface area contributed by atoms with Crippen LogP contribution in [0.15, 0.2) is 24.4 Å². The van der Waals surface area contributed by atoms with Crippen molar-refractivity contribution in [3.8, 4) is 0 Å². The van der Waals surface area contributed by atoms with Gasteiger partial charge in [-0.3, -0.25) is 4.79 Å². The molecule has 0 saturated carbocycles. The number of anilines is 1. The molecule has 0 aliphatic carbocycles. The predicted molar refractivity (Wildman–Crippen MR) is 79.3 cm³/mol. The zero-order valence-corrected chi connectivity index (χ0v) is 11.9. The topological polar surface area (TPSA) is 89.6 Å². The summed E-state index contributed by atoms with van der Waals surface area (Å²) in [5, 5.41) is 0. The third-order valence-electron chi connectivity index (χ3n) is 3.03. The highest BCUT2D eigenvalue weighted by Crippen LogP contribution is 2.22. The minimum atomic E-state index is -0.370. The molecule has 2 aromatic rings. The van der Waals surface area contributed by atoms with Gasteiger partial charge in [0.1, 0.15) is 5.65 Å². The molecular weight excluding hydrogens is 254 g/mol. The van der Waals surface area contributed by atoms with Crippen molar-refractivity contribution in [2.45, 2.75) is 20.4 Å². The van der Waals surface area contributed by atoms with Gasteiger partial charge in [-0.15, -0.1) is 0 Å². The molecule has 4 N–H and O–H groups in total. The Balaban J connectivity index is 2.48. The van der Waals surface area contributed by atoms with E-state index in [2.05, 4.69) is 18.8 Å². The summed E-state index contributed by atoms with van der Waals surface area (Å²) in [6, 6.07) is 5.77. The lowest BCUT2D eigenvalue weighted by Gasteiger charge is -2.24. The van der Waals surface area contributed by atoms with Gasteiger partial charge in [0.2, 0.25) is 5.91 Å². The molecule has 2 aromatic heterocycles. The number of amides is 1. The number of nitrogens with zero attached hydrogens (tertiary/aromatic N) is 3. The minimum absolute atomic E-state index is 0.148. The van der Waals surface area contributed by atoms with E-state index in [1.54, 1.807) is 0 Å². The summed E-state index contributed by atoms with van der Waals surface area (Å²) in [4.78, 5) is 17.8. The number of aromatic nitrogens is 2. The summed E-state index contributed by atoms with van der Waals surface area (Å²) in [6.07, 6.45) is 1.92. The molecular formula is C14H21N5O. The summed E-state index contributed by atoms with van der Waals surface area (Å²) in [7, 11) is 0. The summed E-state index contributed by atoms with van der Waals surface area (Å²) >= 11 is 0. The molecule has 0 aliphatic rings. The quantitative estimate of drug-likeness (QED) is 0.813. The van der Waals surface area contributed by atoms with Crippen molar-refractivity contribution in [3.05, 3.63) is 30.1 Å². The number of hydrogen-bond donors (Lipinski definition) is 2. The van der Waals surface area contributed by atoms with Crippen LogP contribution in [0.25, 0.3) is 5.65 Å². The monoisotopic (exact) mass is 275 g/mol. The largest absolute Gasteiger partial charge is 0.368 e. The number of pyridine rings is 1. The van der Waals surface area contributed by atoms with Crippen LogP contribution in [0.4, 0.5) is 5.82 Å². The molecule has 1 amide bonds. The minimum Gasteiger partial charge on any atom is -0.368 e. The van der Waals surface area contributed by atoms with Crippen molar-refractivity contribution < 1.29 is 4.79 Å². The molecule has 0 spiro atoms. The van der Waals surface area contributed by atoms with E-state index in [0.717, 1.165) is 17.2 Å². The number of fused-ring (bicyclic) bond motifs is 1. The molecule has 0 aliphatic heterocycles. The second-order valence-electron chi connectivity index (χ2n) is 5.26. The number of hydrogen-bond acceptors (Lipinski definition) is 4. The van der Waals surface area contributed by atoms with Crippen LogP contribution < -0.4 is 16.4 Å². The fourth-order valence-corrected chi connectivity index (χ4v) is 2.33. The second-order valence-corrected chi connectivity index (χ2v) is 5.26. The van der Waals surface area contributed by atoms with Crippen molar-refractivity contribution in [1.82, 2.24) is 9.38 Å². The standard InChI is InChI=1S/C14H21N5O/c1-10(2)8-18(9-12(16)20)14-11(7-15)19-6-4-3-5-13(19)17-14/h3-6,10H,7-9,15H2,1-2H3,(H2,16,20). The summed E-state index contributed by atoms with van der Waals surface area (Å²) < 4.78 is 1.95. The van der Waals surface area contributed by atoms with E-state index in [0.29, 0.717) is 19.0 Å². The van der Waals surface area contributed by atoms with E-state index in [1.807, 2.05) is 33.7 Å². The second kappa shape index (κ2) is 5.92. The van der Waals surface area contributed by atoms with Crippen LogP contribution in [0.3, 0.4) is 0 Å². The van der Waals surface area contributed by atoms with Gasteiger partial charge < -0.3 is 20.8 Å². The summed E-state index contributed by atoms with van der Waals surface area (Å²) in [6.45, 7) is 5.39. The van der Waals surface area contributed by atoms with Gasteiger partial charge in [0.05, 0.1) is 12.2 Å². The highest BCUT2D eigenvalue weighted by Gasteiger charge is 2.19. The normalized spacial score (nSPS) is 11.2. The van der Waals surface area contributed by atoms with Crippen LogP contribution in [-0.4, -0.2) is 28.4 Å². The Bertz CT molecular complexity index is 605. The van der Waals surface area contributed by atoms with Gasteiger partial charge in [-0.1, -0.05) is 19.9 Å². The van der Waals surface area contributed by atoms with Gasteiger partial charge in [0.15, 0.2) is 5.82 Å². The van der Waals surface area contributed by atoms with Crippen molar-refractivity contribution in [2.75, 3.05) is 18.0 Å². The molecule has 0 atom stereocenters. The van der Waals surface area contributed by atoms with E-state index in [9.17, 15) is 4.79 Å². The Labute approximate surface area is 118 Å². The molecule has 0 bridgehead atoms. The van der Waals surface area contributed by atoms with Gasteiger partial charge in [-0.05, 0) is 18.1 Å². The molecule has 0 saturated heterocycles. The Morgan fingerprint density at radius 3 is 2.80 bits per heavy atom. The number of carbonyl (C=O) groups excluding carboxylic acids is 1. The molecule has 2 rings (SSSR count). The van der Waals surface area contributed by atoms with E-state index in [-0.39, 0.29) is 12.5 Å². The molecule has 6 heteroatoms. The van der Waals surface area contributed by atoms with Crippen LogP contribution in [0.2, 0.25) is 0 Å². The fraction of sp³-hybridized carbons (Fsp3) is 0.429. The average molecular weight is 275 g/mol. The fourth-order valence-electron chi connectivity index (χ4n) is 2.33. The lowest BCUT2D eigenvalue weighted by atomic mass is 10.2. The van der Waals surface area contributed by atoms with Crippen LogP contribution in [-0.2, 0) is 11.3 Å². The highest BCUT2D eigenvalue weighted by atomic mass is 16.1. The van der Waals surface area contributed by atoms with Gasteiger partial charge in [0, 0.05) is 19.3 Å². The van der Waals surface area contributed by atoms with Gasteiger partial charge >= 0.3 is 0 Å². The Morgan fingerprint density at radius 1 is 1.45 bits per heavy atom. The third-order valence-corrected chi connectivity index (χ3v) is 3.03.